The van der Waals surface area contributed by atoms with Crippen molar-refractivity contribution in [3.63, 3.8) is 0 Å². The van der Waals surface area contributed by atoms with Gasteiger partial charge in [-0.25, -0.2) is 0 Å². The highest BCUT2D eigenvalue weighted by Crippen LogP contribution is 2.28. The van der Waals surface area contributed by atoms with E-state index in [9.17, 15) is 10.2 Å². The Kier molecular flexibility index (Phi) is 7.48. The van der Waals surface area contributed by atoms with Crippen molar-refractivity contribution in [3.05, 3.63) is 72.3 Å². The maximum atomic E-state index is 10.1. The number of carboxylic acids is 1. The normalized spacial score (nSPS) is 11.7. The van der Waals surface area contributed by atoms with Crippen molar-refractivity contribution in [2.45, 2.75) is 13.0 Å². The number of aliphatic hydroxyl groups excluding tert-OH is 1. The van der Waals surface area contributed by atoms with Crippen molar-refractivity contribution in [2.75, 3.05) is 19.7 Å². The lowest BCUT2D eigenvalue weighted by molar-refractivity contribution is -0.134. The Balaban J connectivity index is 0.000000628. The summed E-state index contributed by atoms with van der Waals surface area (Å²) in [4.78, 5) is 12.4. The minimum atomic E-state index is -0.833. The minimum absolute atomic E-state index is 0.106. The number of aliphatic hydroxyl groups is 1. The van der Waals surface area contributed by atoms with Crippen LogP contribution in [0.15, 0.2) is 66.7 Å². The highest BCUT2D eigenvalue weighted by atomic mass is 16.5. The number of phenols is 1. The molecule has 0 amide bonds. The lowest BCUT2D eigenvalue weighted by Crippen LogP contribution is -2.26. The standard InChI is InChI=1S/C22H22N2O3.C2H4O2/c25-21-8-4-2-6-18(21)22(26)14-23-11-12-27-15-9-10-17-16-5-1-3-7-19(16)24-20(17)13-15;1-2(3)4/h1-10,13,22-26H,11-12,14H2;1H3,(H,3,4). The Morgan fingerprint density at radius 1 is 1.03 bits per heavy atom. The second kappa shape index (κ2) is 10.5. The SMILES string of the molecule is CC(=O)O.Oc1ccccc1C(O)CNCCOc1ccc2c(c1)[nH]c1ccccc12. The van der Waals surface area contributed by atoms with Gasteiger partial charge in [-0.3, -0.25) is 4.79 Å². The van der Waals surface area contributed by atoms with Gasteiger partial charge in [0.05, 0.1) is 11.6 Å². The van der Waals surface area contributed by atoms with Gasteiger partial charge in [-0.05, 0) is 24.3 Å². The number of carboxylic acid groups (broad SMARTS) is 1. The molecule has 31 heavy (non-hydrogen) atoms. The molecule has 0 saturated carbocycles. The Hall–Kier alpha value is -3.55. The molecule has 0 aliphatic carbocycles. The molecule has 1 atom stereocenters. The van der Waals surface area contributed by atoms with Gasteiger partial charge >= 0.3 is 0 Å². The number of hydrogen-bond acceptors (Lipinski definition) is 5. The summed E-state index contributed by atoms with van der Waals surface area (Å²) < 4.78 is 5.81. The molecule has 7 nitrogen and oxygen atoms in total. The number of para-hydroxylation sites is 2. The van der Waals surface area contributed by atoms with Crippen molar-refractivity contribution >= 4 is 27.8 Å². The molecule has 0 spiro atoms. The summed E-state index contributed by atoms with van der Waals surface area (Å²) >= 11 is 0. The fraction of sp³-hybridized carbons (Fsp3) is 0.208. The molecule has 1 aromatic heterocycles. The minimum Gasteiger partial charge on any atom is -0.508 e. The van der Waals surface area contributed by atoms with Crippen molar-refractivity contribution in [2.24, 2.45) is 0 Å². The Morgan fingerprint density at radius 2 is 1.71 bits per heavy atom. The second-order valence-electron chi connectivity index (χ2n) is 7.02. The molecule has 0 aliphatic rings. The van der Waals surface area contributed by atoms with Crippen LogP contribution in [-0.4, -0.2) is 46.0 Å². The van der Waals surface area contributed by atoms with Gasteiger partial charge in [-0.15, -0.1) is 0 Å². The third-order valence-electron chi connectivity index (χ3n) is 4.66. The van der Waals surface area contributed by atoms with E-state index in [1.165, 1.54) is 10.8 Å². The molecule has 0 fully saturated rings. The molecule has 0 radical (unpaired) electrons. The van der Waals surface area contributed by atoms with E-state index in [0.29, 0.717) is 25.3 Å². The third-order valence-corrected chi connectivity index (χ3v) is 4.66. The maximum Gasteiger partial charge on any atom is 0.300 e. The number of aromatic amines is 1. The maximum absolute atomic E-state index is 10.1. The molecule has 0 saturated heterocycles. The number of rotatable bonds is 7. The number of ether oxygens (including phenoxy) is 1. The zero-order chi connectivity index (χ0) is 22.2. The van der Waals surface area contributed by atoms with E-state index in [4.69, 9.17) is 14.6 Å². The van der Waals surface area contributed by atoms with E-state index in [-0.39, 0.29) is 5.75 Å². The van der Waals surface area contributed by atoms with Gasteiger partial charge in [0.25, 0.3) is 5.97 Å². The Labute approximate surface area is 179 Å². The van der Waals surface area contributed by atoms with E-state index in [1.54, 1.807) is 24.3 Å². The molecule has 0 aliphatic heterocycles. The number of aromatic hydroxyl groups is 1. The van der Waals surface area contributed by atoms with Crippen molar-refractivity contribution < 1.29 is 24.9 Å². The summed E-state index contributed by atoms with van der Waals surface area (Å²) in [5.74, 6) is 0.0757. The van der Waals surface area contributed by atoms with Crippen LogP contribution in [0.25, 0.3) is 21.8 Å². The lowest BCUT2D eigenvalue weighted by atomic mass is 10.1. The van der Waals surface area contributed by atoms with Gasteiger partial charge in [-0.1, -0.05) is 36.4 Å². The largest absolute Gasteiger partial charge is 0.508 e. The average Bonchev–Trinajstić information content (AvgIpc) is 3.11. The van der Waals surface area contributed by atoms with E-state index in [0.717, 1.165) is 23.7 Å². The second-order valence-corrected chi connectivity index (χ2v) is 7.02. The summed E-state index contributed by atoms with van der Waals surface area (Å²) in [5.41, 5.74) is 2.69. The quantitative estimate of drug-likeness (QED) is 0.289. The molecule has 1 unspecified atom stereocenters. The van der Waals surface area contributed by atoms with Gasteiger partial charge in [0.1, 0.15) is 18.1 Å². The fourth-order valence-electron chi connectivity index (χ4n) is 3.28. The van der Waals surface area contributed by atoms with E-state index >= 15 is 0 Å². The lowest BCUT2D eigenvalue weighted by Gasteiger charge is -2.14. The van der Waals surface area contributed by atoms with Gasteiger partial charge in [-0.2, -0.15) is 0 Å². The van der Waals surface area contributed by atoms with E-state index in [1.807, 2.05) is 24.3 Å². The number of carbonyl (C=O) groups is 1. The first-order valence-corrected chi connectivity index (χ1v) is 9.95. The van der Waals surface area contributed by atoms with Gasteiger partial charge in [0.15, 0.2) is 0 Å². The van der Waals surface area contributed by atoms with Crippen molar-refractivity contribution in [1.29, 1.82) is 0 Å². The number of phenolic OH excluding ortho intramolecular Hbond substituents is 1. The van der Waals surface area contributed by atoms with Crippen LogP contribution in [0.2, 0.25) is 0 Å². The molecular weight excluding hydrogens is 396 g/mol. The molecule has 4 aromatic rings. The Morgan fingerprint density at radius 3 is 2.48 bits per heavy atom. The van der Waals surface area contributed by atoms with Crippen LogP contribution in [0.1, 0.15) is 18.6 Å². The number of aromatic nitrogens is 1. The first kappa shape index (κ1) is 22.1. The molecule has 5 N–H and O–H groups in total. The monoisotopic (exact) mass is 422 g/mol. The zero-order valence-corrected chi connectivity index (χ0v) is 17.2. The number of nitrogens with one attached hydrogen (secondary N) is 2. The number of benzene rings is 3. The molecular formula is C24H26N2O5. The summed E-state index contributed by atoms with van der Waals surface area (Å²) in [6.45, 7) is 2.51. The number of hydrogen-bond donors (Lipinski definition) is 5. The van der Waals surface area contributed by atoms with Gasteiger partial charge in [0, 0.05) is 47.9 Å². The van der Waals surface area contributed by atoms with Crippen LogP contribution in [0.5, 0.6) is 11.5 Å². The first-order valence-electron chi connectivity index (χ1n) is 9.95. The summed E-state index contributed by atoms with van der Waals surface area (Å²) in [5, 5.41) is 32.8. The van der Waals surface area contributed by atoms with Crippen LogP contribution in [0.4, 0.5) is 0 Å². The molecule has 162 valence electrons. The molecule has 1 heterocycles. The molecule has 7 heteroatoms. The zero-order valence-electron chi connectivity index (χ0n) is 17.2. The van der Waals surface area contributed by atoms with Crippen LogP contribution >= 0.6 is 0 Å². The Bertz CT molecular complexity index is 1150. The van der Waals surface area contributed by atoms with Crippen molar-refractivity contribution in [3.8, 4) is 11.5 Å². The number of H-pyrrole nitrogens is 1. The van der Waals surface area contributed by atoms with Crippen molar-refractivity contribution in [1.82, 2.24) is 10.3 Å². The fourth-order valence-corrected chi connectivity index (χ4v) is 3.28. The molecule has 0 bridgehead atoms. The summed E-state index contributed by atoms with van der Waals surface area (Å²) in [6.07, 6.45) is -0.756. The van der Waals surface area contributed by atoms with Crippen LogP contribution in [0.3, 0.4) is 0 Å². The average molecular weight is 422 g/mol. The van der Waals surface area contributed by atoms with Crippen LogP contribution in [-0.2, 0) is 4.79 Å². The topological polar surface area (TPSA) is 115 Å². The summed E-state index contributed by atoms with van der Waals surface area (Å²) in [6, 6.07) is 21.1. The molecule has 4 rings (SSSR count). The van der Waals surface area contributed by atoms with Crippen LogP contribution < -0.4 is 10.1 Å². The van der Waals surface area contributed by atoms with E-state index < -0.39 is 12.1 Å². The number of aliphatic carboxylic acids is 1. The van der Waals surface area contributed by atoms with Crippen LogP contribution in [0, 0.1) is 0 Å². The highest BCUT2D eigenvalue weighted by Gasteiger charge is 2.11. The number of fused-ring (bicyclic) bond motifs is 3. The van der Waals surface area contributed by atoms with E-state index in [2.05, 4.69) is 28.5 Å². The predicted octanol–water partition coefficient (Wildman–Crippen LogP) is 3.82. The van der Waals surface area contributed by atoms with Gasteiger partial charge < -0.3 is 30.4 Å². The predicted molar refractivity (Wildman–Crippen MR) is 121 cm³/mol. The first-order chi connectivity index (χ1) is 15.0. The summed E-state index contributed by atoms with van der Waals surface area (Å²) in [7, 11) is 0. The molecule has 3 aromatic carbocycles. The van der Waals surface area contributed by atoms with Gasteiger partial charge in [0.2, 0.25) is 0 Å². The highest BCUT2D eigenvalue weighted by molar-refractivity contribution is 6.07. The smallest absolute Gasteiger partial charge is 0.300 e. The third kappa shape index (κ3) is 5.97.